The molecule has 0 saturated carbocycles. The summed E-state index contributed by atoms with van der Waals surface area (Å²) in [7, 11) is 0. The van der Waals surface area contributed by atoms with Gasteiger partial charge in [0.2, 0.25) is 0 Å². The molecule has 0 aliphatic rings. The van der Waals surface area contributed by atoms with Crippen molar-refractivity contribution in [2.24, 2.45) is 0 Å². The predicted molar refractivity (Wildman–Crippen MR) is 0 cm³/mol. The zero-order valence-electron chi connectivity index (χ0n) is 1.47. The summed E-state index contributed by atoms with van der Waals surface area (Å²) in [6, 6.07) is 0. The molecule has 0 N–H and O–H groups in total. The number of hydrogen-bond donors (Lipinski definition) is 0. The smallest absolute Gasteiger partial charge is 0 e. The Balaban J connectivity index is 0. The molecule has 0 heterocycles. The molecule has 0 aromatic carbocycles. The standard InChI is InChI=1S/2Cr.Cu.Fe. The van der Waals surface area contributed by atoms with Crippen molar-refractivity contribution in [3.8, 4) is 0 Å². The predicted octanol–water partition coefficient (Wildman–Crippen LogP) is -0.0100. The second kappa shape index (κ2) is 19.4. The topological polar surface area (TPSA) is 0 Å². The van der Waals surface area contributed by atoms with E-state index >= 15 is 0 Å². The number of hydrogen-bond acceptors (Lipinski definition) is 0. The molecular weight excluding hydrogens is 223 g/mol. The molecule has 0 aliphatic heterocycles. The Bertz CT molecular complexity index is 6.00. The molecule has 4 heteroatoms. The molecule has 0 spiro atoms. The van der Waals surface area contributed by atoms with Crippen molar-refractivity contribution in [1.29, 1.82) is 0 Å². The average Bonchev–Trinajstić information content (AvgIpc) is 0. The maximum Gasteiger partial charge on any atom is 0 e. The van der Waals surface area contributed by atoms with Gasteiger partial charge in [-0.05, 0) is 0 Å². The zero-order valence-corrected chi connectivity index (χ0v) is 6.07. The van der Waals surface area contributed by atoms with Gasteiger partial charge < -0.3 is 0 Å². The van der Waals surface area contributed by atoms with Crippen molar-refractivity contribution in [2.45, 2.75) is 0 Å². The first-order valence-electron chi connectivity index (χ1n) is 0. The van der Waals surface area contributed by atoms with Crippen LogP contribution in [0.5, 0.6) is 0 Å². The second-order valence-corrected chi connectivity index (χ2v) is 0. The maximum absolute atomic E-state index is 0. The molecule has 31 valence electrons. The van der Waals surface area contributed by atoms with E-state index < -0.39 is 0 Å². The van der Waals surface area contributed by atoms with Gasteiger partial charge in [-0.15, -0.1) is 0 Å². The van der Waals surface area contributed by atoms with Crippen LogP contribution >= 0.6 is 0 Å². The van der Waals surface area contributed by atoms with Crippen LogP contribution < -0.4 is 0 Å². The van der Waals surface area contributed by atoms with Gasteiger partial charge in [0.25, 0.3) is 0 Å². The molecule has 0 bridgehead atoms. The fourth-order valence-corrected chi connectivity index (χ4v) is 0. The van der Waals surface area contributed by atoms with Crippen LogP contribution in [0.3, 0.4) is 0 Å². The Morgan fingerprint density at radius 3 is 0.750 bits per heavy atom. The van der Waals surface area contributed by atoms with Gasteiger partial charge in [0.1, 0.15) is 0 Å². The third kappa shape index (κ3) is 8.93. The van der Waals surface area contributed by atoms with E-state index in [0.717, 1.165) is 0 Å². The van der Waals surface area contributed by atoms with E-state index in [1.54, 1.807) is 0 Å². The second-order valence-electron chi connectivity index (χ2n) is 0. The summed E-state index contributed by atoms with van der Waals surface area (Å²) >= 11 is 0. The third-order valence-corrected chi connectivity index (χ3v) is 0. The third-order valence-electron chi connectivity index (χ3n) is 0. The first-order chi connectivity index (χ1) is 0. The SMILES string of the molecule is [Cr].[Cr].[Cu].[Fe]. The van der Waals surface area contributed by atoms with E-state index in [9.17, 15) is 0 Å². The zero-order chi connectivity index (χ0) is 0. The summed E-state index contributed by atoms with van der Waals surface area (Å²) in [4.78, 5) is 0. The van der Waals surface area contributed by atoms with E-state index in [2.05, 4.69) is 0 Å². The van der Waals surface area contributed by atoms with Crippen LogP contribution in [0.15, 0.2) is 0 Å². The molecule has 0 aromatic rings. The van der Waals surface area contributed by atoms with Gasteiger partial charge in [-0.1, -0.05) is 0 Å². The molecular formula is Cr2CuFe. The van der Waals surface area contributed by atoms with Crippen LogP contribution in [0, 0.1) is 0 Å². The quantitative estimate of drug-likeness (QED) is 0.507. The normalized spacial score (nSPS) is 0. The first kappa shape index (κ1) is 35.9. The van der Waals surface area contributed by atoms with Crippen LogP contribution in [0.1, 0.15) is 0 Å². The van der Waals surface area contributed by atoms with Gasteiger partial charge in [-0.2, -0.15) is 0 Å². The number of rotatable bonds is 0. The minimum atomic E-state index is 0. The van der Waals surface area contributed by atoms with E-state index in [0.29, 0.717) is 0 Å². The monoisotopic (exact) mass is 223 g/mol. The fraction of sp³-hybridized carbons (Fsp3) is 0. The Hall–Kier alpha value is 2.10. The Morgan fingerprint density at radius 1 is 0.750 bits per heavy atom. The Morgan fingerprint density at radius 2 is 0.750 bits per heavy atom. The molecule has 0 unspecified atom stereocenters. The van der Waals surface area contributed by atoms with E-state index in [-0.39, 0.29) is 68.9 Å². The summed E-state index contributed by atoms with van der Waals surface area (Å²) in [6.07, 6.45) is 0. The minimum Gasteiger partial charge on any atom is 0 e. The molecule has 4 heavy (non-hydrogen) atoms. The van der Waals surface area contributed by atoms with Gasteiger partial charge >= 0.3 is 0 Å². The van der Waals surface area contributed by atoms with Crippen molar-refractivity contribution in [1.82, 2.24) is 0 Å². The van der Waals surface area contributed by atoms with Gasteiger partial charge in [-0.3, -0.25) is 0 Å². The molecule has 1 radical (unpaired) electrons. The molecule has 0 aliphatic carbocycles. The Labute approximate surface area is 68.3 Å². The van der Waals surface area contributed by atoms with Gasteiger partial charge in [0.15, 0.2) is 0 Å². The fourth-order valence-electron chi connectivity index (χ4n) is 0. The Kier molecular flexibility index (Phi) is 174. The van der Waals surface area contributed by atoms with Gasteiger partial charge in [0, 0.05) is 68.9 Å². The molecule has 0 aromatic heterocycles. The summed E-state index contributed by atoms with van der Waals surface area (Å²) in [5, 5.41) is 0. The largest absolute Gasteiger partial charge is 0 e. The summed E-state index contributed by atoms with van der Waals surface area (Å²) in [5.41, 5.74) is 0. The van der Waals surface area contributed by atoms with Crippen LogP contribution in [0.4, 0.5) is 0 Å². The van der Waals surface area contributed by atoms with E-state index in [4.69, 9.17) is 0 Å². The summed E-state index contributed by atoms with van der Waals surface area (Å²) < 4.78 is 0. The van der Waals surface area contributed by atoms with Crippen LogP contribution in [0.2, 0.25) is 0 Å². The average molecular weight is 223 g/mol. The van der Waals surface area contributed by atoms with Crippen LogP contribution in [-0.2, 0) is 68.9 Å². The molecule has 0 atom stereocenters. The molecule has 0 saturated heterocycles. The van der Waals surface area contributed by atoms with Crippen molar-refractivity contribution in [3.05, 3.63) is 0 Å². The molecule has 0 rings (SSSR count). The van der Waals surface area contributed by atoms with E-state index in [1.807, 2.05) is 0 Å². The van der Waals surface area contributed by atoms with Crippen LogP contribution in [0.25, 0.3) is 0 Å². The van der Waals surface area contributed by atoms with Crippen molar-refractivity contribution in [2.75, 3.05) is 0 Å². The molecule has 0 nitrogen and oxygen atoms in total. The molecule has 0 amide bonds. The molecule has 0 fully saturated rings. The van der Waals surface area contributed by atoms with Crippen molar-refractivity contribution >= 4 is 0 Å². The first-order valence-corrected chi connectivity index (χ1v) is 0. The summed E-state index contributed by atoms with van der Waals surface area (Å²) in [5.74, 6) is 0. The van der Waals surface area contributed by atoms with Crippen LogP contribution in [-0.4, -0.2) is 0 Å². The minimum absolute atomic E-state index is 0. The van der Waals surface area contributed by atoms with Crippen molar-refractivity contribution in [3.63, 3.8) is 0 Å². The maximum atomic E-state index is 0. The van der Waals surface area contributed by atoms with E-state index in [1.165, 1.54) is 0 Å². The summed E-state index contributed by atoms with van der Waals surface area (Å²) in [6.45, 7) is 0. The van der Waals surface area contributed by atoms with Gasteiger partial charge in [0.05, 0.1) is 0 Å². The van der Waals surface area contributed by atoms with Crippen molar-refractivity contribution < 1.29 is 68.9 Å². The van der Waals surface area contributed by atoms with Gasteiger partial charge in [-0.25, -0.2) is 0 Å².